The molecule has 2 aromatic heterocycles. The summed E-state index contributed by atoms with van der Waals surface area (Å²) in [7, 11) is 0. The molecule has 0 N–H and O–H groups in total. The molecule has 0 spiro atoms. The number of Topliss-reactive ketones (excluding diaryl/α,β-unsaturated/α-hetero) is 1. The molecule has 4 heterocycles. The van der Waals surface area contributed by atoms with Gasteiger partial charge in [0, 0.05) is 48.5 Å². The number of carbonyl (C=O) groups is 1. The highest BCUT2D eigenvalue weighted by molar-refractivity contribution is 6.06. The van der Waals surface area contributed by atoms with Gasteiger partial charge < -0.3 is 9.30 Å². The molecule has 0 amide bonds. The first kappa shape index (κ1) is 20.2. The van der Waals surface area contributed by atoms with E-state index < -0.39 is 0 Å². The maximum absolute atomic E-state index is 13.1. The van der Waals surface area contributed by atoms with E-state index in [1.54, 1.807) is 25.3 Å². The minimum Gasteiger partial charge on any atom is -0.490 e. The van der Waals surface area contributed by atoms with Crippen LogP contribution in [0, 0.1) is 5.82 Å². The standard InChI is InChI=1S/C25H28FN3O2/c1-17(30)24-16-28(25-23(24)4-2-11-27-25)12-3-13-29-19-7-8-20(29)15-22(14-19)31-21-9-5-18(26)6-10-21/h2,4-6,9-11,16,19-20,22H,3,7-8,12-15H2,1H3. The number of ketones is 1. The molecule has 0 saturated carbocycles. The van der Waals surface area contributed by atoms with Gasteiger partial charge in [-0.3, -0.25) is 9.69 Å². The Hall–Kier alpha value is -2.73. The van der Waals surface area contributed by atoms with Crippen LogP contribution in [0.1, 0.15) is 49.4 Å². The predicted octanol–water partition coefficient (Wildman–Crippen LogP) is 4.84. The average Bonchev–Trinajstić information content (AvgIpc) is 3.24. The van der Waals surface area contributed by atoms with Crippen LogP contribution in [0.5, 0.6) is 5.75 Å². The summed E-state index contributed by atoms with van der Waals surface area (Å²) in [5.74, 6) is 0.605. The minimum atomic E-state index is -0.233. The lowest BCUT2D eigenvalue weighted by molar-refractivity contribution is 0.0481. The number of carbonyl (C=O) groups excluding carboxylic acids is 1. The Balaban J connectivity index is 1.19. The zero-order valence-electron chi connectivity index (χ0n) is 17.8. The Bertz CT molecular complexity index is 1060. The number of aromatic nitrogens is 2. The van der Waals surface area contributed by atoms with Crippen molar-refractivity contribution in [2.45, 2.75) is 63.8 Å². The van der Waals surface area contributed by atoms with E-state index in [2.05, 4.69) is 14.5 Å². The number of fused-ring (bicyclic) bond motifs is 3. The Labute approximate surface area is 181 Å². The van der Waals surface area contributed by atoms with Gasteiger partial charge in [-0.2, -0.15) is 0 Å². The van der Waals surface area contributed by atoms with E-state index in [0.29, 0.717) is 12.1 Å². The molecule has 2 bridgehead atoms. The fourth-order valence-corrected chi connectivity index (χ4v) is 5.39. The summed E-state index contributed by atoms with van der Waals surface area (Å²) in [4.78, 5) is 19.1. The summed E-state index contributed by atoms with van der Waals surface area (Å²) < 4.78 is 21.4. The smallest absolute Gasteiger partial charge is 0.162 e. The SMILES string of the molecule is CC(=O)c1cn(CCCN2C3CCC2CC(Oc2ccc(F)cc2)C3)c2ncccc12. The molecule has 2 fully saturated rings. The van der Waals surface area contributed by atoms with Crippen molar-refractivity contribution < 1.29 is 13.9 Å². The van der Waals surface area contributed by atoms with Gasteiger partial charge in [0.15, 0.2) is 5.78 Å². The number of hydrogen-bond acceptors (Lipinski definition) is 4. The van der Waals surface area contributed by atoms with Crippen LogP contribution in [-0.4, -0.2) is 45.0 Å². The van der Waals surface area contributed by atoms with Gasteiger partial charge in [-0.05, 0) is 75.4 Å². The van der Waals surface area contributed by atoms with Crippen molar-refractivity contribution >= 4 is 16.8 Å². The number of piperidine rings is 1. The van der Waals surface area contributed by atoms with Gasteiger partial charge in [-0.25, -0.2) is 9.37 Å². The largest absolute Gasteiger partial charge is 0.490 e. The molecule has 3 aromatic rings. The van der Waals surface area contributed by atoms with Crippen molar-refractivity contribution in [3.63, 3.8) is 0 Å². The van der Waals surface area contributed by atoms with Gasteiger partial charge in [-0.1, -0.05) is 0 Å². The summed E-state index contributed by atoms with van der Waals surface area (Å²) >= 11 is 0. The normalized spacial score (nSPS) is 23.4. The molecule has 1 aromatic carbocycles. The van der Waals surface area contributed by atoms with Gasteiger partial charge in [0.25, 0.3) is 0 Å². The summed E-state index contributed by atoms with van der Waals surface area (Å²) in [5.41, 5.74) is 1.64. The maximum atomic E-state index is 13.1. The van der Waals surface area contributed by atoms with Crippen LogP contribution in [-0.2, 0) is 6.54 Å². The quantitative estimate of drug-likeness (QED) is 0.512. The number of halogens is 1. The van der Waals surface area contributed by atoms with Gasteiger partial charge >= 0.3 is 0 Å². The van der Waals surface area contributed by atoms with Crippen LogP contribution in [0.25, 0.3) is 11.0 Å². The van der Waals surface area contributed by atoms with Crippen molar-refractivity contribution in [1.82, 2.24) is 14.5 Å². The molecule has 2 atom stereocenters. The number of aryl methyl sites for hydroxylation is 1. The van der Waals surface area contributed by atoms with E-state index in [1.165, 1.54) is 25.0 Å². The molecular weight excluding hydrogens is 393 g/mol. The molecule has 2 saturated heterocycles. The zero-order chi connectivity index (χ0) is 21.4. The van der Waals surface area contributed by atoms with Gasteiger partial charge in [0.2, 0.25) is 0 Å². The summed E-state index contributed by atoms with van der Waals surface area (Å²) in [5, 5.41) is 0.939. The third-order valence-electron chi connectivity index (χ3n) is 6.79. The topological polar surface area (TPSA) is 47.4 Å². The highest BCUT2D eigenvalue weighted by Gasteiger charge is 2.41. The second-order valence-corrected chi connectivity index (χ2v) is 8.81. The minimum absolute atomic E-state index is 0.0815. The van der Waals surface area contributed by atoms with Crippen LogP contribution >= 0.6 is 0 Å². The number of rotatable bonds is 7. The van der Waals surface area contributed by atoms with Crippen molar-refractivity contribution in [3.8, 4) is 5.75 Å². The van der Waals surface area contributed by atoms with Crippen LogP contribution in [0.2, 0.25) is 0 Å². The van der Waals surface area contributed by atoms with Gasteiger partial charge in [-0.15, -0.1) is 0 Å². The predicted molar refractivity (Wildman–Crippen MR) is 118 cm³/mol. The van der Waals surface area contributed by atoms with Gasteiger partial charge in [0.1, 0.15) is 23.3 Å². The number of nitrogens with zero attached hydrogens (tertiary/aromatic N) is 3. The molecule has 0 radical (unpaired) electrons. The molecule has 2 aliphatic heterocycles. The maximum Gasteiger partial charge on any atom is 0.162 e. The van der Waals surface area contributed by atoms with Crippen molar-refractivity contribution in [3.05, 3.63) is 60.2 Å². The van der Waals surface area contributed by atoms with Crippen LogP contribution in [0.3, 0.4) is 0 Å². The summed E-state index contributed by atoms with van der Waals surface area (Å²) in [6, 6.07) is 11.3. The molecular formula is C25H28FN3O2. The van der Waals surface area contributed by atoms with Crippen LogP contribution in [0.4, 0.5) is 4.39 Å². The van der Waals surface area contributed by atoms with E-state index >= 15 is 0 Å². The molecule has 2 aliphatic rings. The Morgan fingerprint density at radius 3 is 2.58 bits per heavy atom. The number of pyridine rings is 1. The molecule has 31 heavy (non-hydrogen) atoms. The number of ether oxygens (including phenoxy) is 1. The lowest BCUT2D eigenvalue weighted by Crippen LogP contribution is -2.46. The first-order chi connectivity index (χ1) is 15.1. The molecule has 5 nitrogen and oxygen atoms in total. The third kappa shape index (κ3) is 4.09. The summed E-state index contributed by atoms with van der Waals surface area (Å²) in [6.45, 7) is 3.51. The van der Waals surface area contributed by atoms with Crippen molar-refractivity contribution in [1.29, 1.82) is 0 Å². The van der Waals surface area contributed by atoms with Crippen molar-refractivity contribution in [2.24, 2.45) is 0 Å². The van der Waals surface area contributed by atoms with Crippen LogP contribution in [0.15, 0.2) is 48.8 Å². The second-order valence-electron chi connectivity index (χ2n) is 8.81. The molecule has 0 aliphatic carbocycles. The third-order valence-corrected chi connectivity index (χ3v) is 6.79. The van der Waals surface area contributed by atoms with Crippen molar-refractivity contribution in [2.75, 3.05) is 6.54 Å². The monoisotopic (exact) mass is 421 g/mol. The number of hydrogen-bond donors (Lipinski definition) is 0. The molecule has 5 rings (SSSR count). The average molecular weight is 422 g/mol. The van der Waals surface area contributed by atoms with Crippen LogP contribution < -0.4 is 4.74 Å². The highest BCUT2D eigenvalue weighted by Crippen LogP contribution is 2.37. The van der Waals surface area contributed by atoms with E-state index in [-0.39, 0.29) is 17.7 Å². The van der Waals surface area contributed by atoms with E-state index in [0.717, 1.165) is 54.7 Å². The first-order valence-corrected chi connectivity index (χ1v) is 11.2. The summed E-state index contributed by atoms with van der Waals surface area (Å²) in [6.07, 6.45) is 9.45. The Morgan fingerprint density at radius 1 is 1.13 bits per heavy atom. The Morgan fingerprint density at radius 2 is 1.87 bits per heavy atom. The van der Waals surface area contributed by atoms with Gasteiger partial charge in [0.05, 0.1) is 0 Å². The van der Waals surface area contributed by atoms with E-state index in [9.17, 15) is 9.18 Å². The lowest BCUT2D eigenvalue weighted by Gasteiger charge is -2.39. The highest BCUT2D eigenvalue weighted by atomic mass is 19.1. The fraction of sp³-hybridized carbons (Fsp3) is 0.440. The van der Waals surface area contributed by atoms with E-state index in [1.807, 2.05) is 18.3 Å². The van der Waals surface area contributed by atoms with E-state index in [4.69, 9.17) is 4.74 Å². The second kappa shape index (κ2) is 8.42. The number of benzene rings is 1. The first-order valence-electron chi connectivity index (χ1n) is 11.2. The Kier molecular flexibility index (Phi) is 5.48. The fourth-order valence-electron chi connectivity index (χ4n) is 5.39. The molecule has 2 unspecified atom stereocenters. The zero-order valence-corrected chi connectivity index (χ0v) is 17.8. The molecule has 162 valence electrons. The lowest BCUT2D eigenvalue weighted by atomic mass is 9.99. The molecule has 6 heteroatoms.